The van der Waals surface area contributed by atoms with Crippen LogP contribution in [-0.2, 0) is 11.3 Å². The standard InChI is InChI=1S/C16H15N3O4/c1-11(20)17-10-12-5-7-13(8-6-12)16(21)18-14-3-2-4-15(9-14)19(22)23/h2-9H,10H2,1H3,(H,17,20)(H,18,21). The third kappa shape index (κ3) is 4.63. The largest absolute Gasteiger partial charge is 0.352 e. The maximum absolute atomic E-state index is 12.1. The monoisotopic (exact) mass is 313 g/mol. The van der Waals surface area contributed by atoms with Crippen molar-refractivity contribution in [2.24, 2.45) is 0 Å². The number of carbonyl (C=O) groups is 2. The highest BCUT2D eigenvalue weighted by Gasteiger charge is 2.09. The Balaban J connectivity index is 2.04. The predicted molar refractivity (Wildman–Crippen MR) is 85.0 cm³/mol. The smallest absolute Gasteiger partial charge is 0.271 e. The molecular weight excluding hydrogens is 298 g/mol. The molecule has 7 heteroatoms. The van der Waals surface area contributed by atoms with Gasteiger partial charge in [0.15, 0.2) is 0 Å². The molecule has 0 atom stereocenters. The van der Waals surface area contributed by atoms with Gasteiger partial charge in [-0.15, -0.1) is 0 Å². The van der Waals surface area contributed by atoms with Gasteiger partial charge in [-0.25, -0.2) is 0 Å². The van der Waals surface area contributed by atoms with Crippen molar-refractivity contribution >= 4 is 23.2 Å². The van der Waals surface area contributed by atoms with Gasteiger partial charge in [-0.1, -0.05) is 18.2 Å². The first-order valence-corrected chi connectivity index (χ1v) is 6.85. The normalized spacial score (nSPS) is 9.96. The molecule has 0 heterocycles. The van der Waals surface area contributed by atoms with E-state index < -0.39 is 4.92 Å². The molecule has 23 heavy (non-hydrogen) atoms. The van der Waals surface area contributed by atoms with Gasteiger partial charge in [0.2, 0.25) is 5.91 Å². The second-order valence-electron chi connectivity index (χ2n) is 4.87. The first-order chi connectivity index (χ1) is 11.0. The van der Waals surface area contributed by atoms with Crippen molar-refractivity contribution in [2.45, 2.75) is 13.5 Å². The van der Waals surface area contributed by atoms with Gasteiger partial charge in [0.05, 0.1) is 4.92 Å². The molecule has 0 aliphatic rings. The SMILES string of the molecule is CC(=O)NCc1ccc(C(=O)Nc2cccc([N+](=O)[O-])c2)cc1. The molecule has 0 fully saturated rings. The lowest BCUT2D eigenvalue weighted by atomic mass is 10.1. The highest BCUT2D eigenvalue weighted by Crippen LogP contribution is 2.18. The van der Waals surface area contributed by atoms with Crippen molar-refractivity contribution in [3.05, 3.63) is 69.8 Å². The van der Waals surface area contributed by atoms with Crippen molar-refractivity contribution < 1.29 is 14.5 Å². The van der Waals surface area contributed by atoms with Gasteiger partial charge in [0.25, 0.3) is 11.6 Å². The number of rotatable bonds is 5. The van der Waals surface area contributed by atoms with E-state index in [9.17, 15) is 19.7 Å². The third-order valence-corrected chi connectivity index (χ3v) is 3.07. The Bertz CT molecular complexity index is 741. The number of amides is 2. The van der Waals surface area contributed by atoms with Crippen LogP contribution in [0.5, 0.6) is 0 Å². The number of anilines is 1. The summed E-state index contributed by atoms with van der Waals surface area (Å²) >= 11 is 0. The molecule has 0 bridgehead atoms. The Morgan fingerprint density at radius 1 is 1.13 bits per heavy atom. The van der Waals surface area contributed by atoms with Crippen LogP contribution in [0.2, 0.25) is 0 Å². The molecule has 2 aromatic carbocycles. The second-order valence-corrected chi connectivity index (χ2v) is 4.87. The zero-order valence-electron chi connectivity index (χ0n) is 12.4. The van der Waals surface area contributed by atoms with Gasteiger partial charge < -0.3 is 10.6 Å². The van der Waals surface area contributed by atoms with Gasteiger partial charge in [-0.05, 0) is 23.8 Å². The van der Waals surface area contributed by atoms with Crippen LogP contribution in [0.15, 0.2) is 48.5 Å². The fourth-order valence-corrected chi connectivity index (χ4v) is 1.90. The average molecular weight is 313 g/mol. The highest BCUT2D eigenvalue weighted by molar-refractivity contribution is 6.04. The van der Waals surface area contributed by atoms with Gasteiger partial charge >= 0.3 is 0 Å². The topological polar surface area (TPSA) is 101 Å². The lowest BCUT2D eigenvalue weighted by Gasteiger charge is -2.07. The minimum Gasteiger partial charge on any atom is -0.352 e. The van der Waals surface area contributed by atoms with Gasteiger partial charge in [0.1, 0.15) is 0 Å². The van der Waals surface area contributed by atoms with Crippen LogP contribution in [0, 0.1) is 10.1 Å². The first kappa shape index (κ1) is 16.2. The lowest BCUT2D eigenvalue weighted by molar-refractivity contribution is -0.384. The summed E-state index contributed by atoms with van der Waals surface area (Å²) in [6.07, 6.45) is 0. The minimum absolute atomic E-state index is 0.0894. The summed E-state index contributed by atoms with van der Waals surface area (Å²) < 4.78 is 0. The molecule has 2 rings (SSSR count). The molecule has 118 valence electrons. The highest BCUT2D eigenvalue weighted by atomic mass is 16.6. The Morgan fingerprint density at radius 2 is 1.83 bits per heavy atom. The van der Waals surface area contributed by atoms with Crippen LogP contribution >= 0.6 is 0 Å². The number of hydrogen-bond acceptors (Lipinski definition) is 4. The summed E-state index contributed by atoms with van der Waals surface area (Å²) in [6.45, 7) is 1.82. The number of benzene rings is 2. The maximum atomic E-state index is 12.1. The van der Waals surface area contributed by atoms with Crippen molar-refractivity contribution in [3.8, 4) is 0 Å². The number of nitrogens with one attached hydrogen (secondary N) is 2. The molecule has 2 N–H and O–H groups in total. The molecule has 7 nitrogen and oxygen atoms in total. The Morgan fingerprint density at radius 3 is 2.43 bits per heavy atom. The number of nitro benzene ring substituents is 1. The van der Waals surface area contributed by atoms with Gasteiger partial charge in [0, 0.05) is 36.9 Å². The molecule has 0 aliphatic carbocycles. The van der Waals surface area contributed by atoms with Crippen LogP contribution in [0.1, 0.15) is 22.8 Å². The summed E-state index contributed by atoms with van der Waals surface area (Å²) in [4.78, 5) is 33.2. The predicted octanol–water partition coefficient (Wildman–Crippen LogP) is 2.48. The van der Waals surface area contributed by atoms with Crippen LogP contribution in [-0.4, -0.2) is 16.7 Å². The van der Waals surface area contributed by atoms with E-state index in [1.807, 2.05) is 0 Å². The summed E-state index contributed by atoms with van der Waals surface area (Å²) in [5.41, 5.74) is 1.55. The molecule has 0 radical (unpaired) electrons. The summed E-state index contributed by atoms with van der Waals surface area (Å²) in [5, 5.41) is 16.0. The van der Waals surface area contributed by atoms with Crippen molar-refractivity contribution in [2.75, 3.05) is 5.32 Å². The number of carbonyl (C=O) groups excluding carboxylic acids is 2. The molecule has 0 aromatic heterocycles. The van der Waals surface area contributed by atoms with Crippen molar-refractivity contribution in [1.82, 2.24) is 5.32 Å². The zero-order chi connectivity index (χ0) is 16.8. The average Bonchev–Trinajstić information content (AvgIpc) is 2.53. The summed E-state index contributed by atoms with van der Waals surface area (Å²) in [5.74, 6) is -0.492. The van der Waals surface area contributed by atoms with Crippen LogP contribution < -0.4 is 10.6 Å². The summed E-state index contributed by atoms with van der Waals surface area (Å²) in [7, 11) is 0. The fraction of sp³-hybridized carbons (Fsp3) is 0.125. The zero-order valence-corrected chi connectivity index (χ0v) is 12.4. The Labute approximate surface area is 132 Å². The molecule has 0 aliphatic heterocycles. The molecule has 0 saturated carbocycles. The van der Waals surface area contributed by atoms with E-state index in [4.69, 9.17) is 0 Å². The van der Waals surface area contributed by atoms with Crippen molar-refractivity contribution in [3.63, 3.8) is 0 Å². The lowest BCUT2D eigenvalue weighted by Crippen LogP contribution is -2.19. The fourth-order valence-electron chi connectivity index (χ4n) is 1.90. The second kappa shape index (κ2) is 7.17. The molecular formula is C16H15N3O4. The molecule has 2 aromatic rings. The Hall–Kier alpha value is -3.22. The van der Waals surface area contributed by atoms with E-state index in [0.29, 0.717) is 17.8 Å². The summed E-state index contributed by atoms with van der Waals surface area (Å²) in [6, 6.07) is 12.5. The molecule has 2 amide bonds. The van der Waals surface area contributed by atoms with E-state index in [1.54, 1.807) is 30.3 Å². The van der Waals surface area contributed by atoms with E-state index in [1.165, 1.54) is 25.1 Å². The minimum atomic E-state index is -0.521. The van der Waals surface area contributed by atoms with E-state index >= 15 is 0 Å². The molecule has 0 unspecified atom stereocenters. The quantitative estimate of drug-likeness (QED) is 0.654. The number of non-ortho nitro benzene ring substituents is 1. The van der Waals surface area contributed by atoms with E-state index in [-0.39, 0.29) is 17.5 Å². The third-order valence-electron chi connectivity index (χ3n) is 3.07. The maximum Gasteiger partial charge on any atom is 0.271 e. The molecule has 0 spiro atoms. The van der Waals surface area contributed by atoms with E-state index in [0.717, 1.165) is 5.56 Å². The van der Waals surface area contributed by atoms with Crippen LogP contribution in [0.4, 0.5) is 11.4 Å². The number of hydrogen-bond donors (Lipinski definition) is 2. The molecule has 0 saturated heterocycles. The van der Waals surface area contributed by atoms with Gasteiger partial charge in [-0.3, -0.25) is 19.7 Å². The van der Waals surface area contributed by atoms with E-state index in [2.05, 4.69) is 10.6 Å². The Kier molecular flexibility index (Phi) is 5.03. The van der Waals surface area contributed by atoms with Crippen LogP contribution in [0.25, 0.3) is 0 Å². The number of nitro groups is 1. The van der Waals surface area contributed by atoms with Crippen LogP contribution in [0.3, 0.4) is 0 Å². The van der Waals surface area contributed by atoms with Gasteiger partial charge in [-0.2, -0.15) is 0 Å². The number of nitrogens with zero attached hydrogens (tertiary/aromatic N) is 1. The van der Waals surface area contributed by atoms with Crippen molar-refractivity contribution in [1.29, 1.82) is 0 Å². The first-order valence-electron chi connectivity index (χ1n) is 6.85.